The number of ether oxygens (including phenoxy) is 1. The van der Waals surface area contributed by atoms with Crippen LogP contribution < -0.4 is 10.1 Å². The minimum absolute atomic E-state index is 0.0251. The first-order valence-electron chi connectivity index (χ1n) is 9.52. The second-order valence-electron chi connectivity index (χ2n) is 6.90. The lowest BCUT2D eigenvalue weighted by atomic mass is 9.96. The number of carbonyl (C=O) groups excluding carboxylic acids is 1. The fourth-order valence-electron chi connectivity index (χ4n) is 3.29. The van der Waals surface area contributed by atoms with Gasteiger partial charge in [-0.3, -0.25) is 4.79 Å². The fourth-order valence-corrected chi connectivity index (χ4v) is 5.08. The predicted octanol–water partition coefficient (Wildman–Crippen LogP) is 3.44. The Morgan fingerprint density at radius 3 is 2.56 bits per heavy atom. The zero-order valence-electron chi connectivity index (χ0n) is 16.2. The molecule has 0 unspecified atom stereocenters. The lowest BCUT2D eigenvalue weighted by Gasteiger charge is -2.31. The van der Waals surface area contributed by atoms with Crippen LogP contribution in [0.25, 0.3) is 0 Å². The van der Waals surface area contributed by atoms with E-state index in [1.807, 2.05) is 13.8 Å². The molecule has 8 heteroatoms. The molecule has 6 nitrogen and oxygen atoms in total. The van der Waals surface area contributed by atoms with Crippen molar-refractivity contribution in [3.05, 3.63) is 23.2 Å². The van der Waals surface area contributed by atoms with E-state index in [4.69, 9.17) is 16.3 Å². The number of sulfonamides is 1. The zero-order chi connectivity index (χ0) is 20.0. The highest BCUT2D eigenvalue weighted by molar-refractivity contribution is 7.89. The van der Waals surface area contributed by atoms with Crippen molar-refractivity contribution in [3.63, 3.8) is 0 Å². The van der Waals surface area contributed by atoms with E-state index in [2.05, 4.69) is 12.2 Å². The van der Waals surface area contributed by atoms with Crippen LogP contribution in [0, 0.1) is 5.92 Å². The molecule has 152 valence electrons. The first-order valence-corrected chi connectivity index (χ1v) is 11.3. The number of benzene rings is 1. The largest absolute Gasteiger partial charge is 0.492 e. The zero-order valence-corrected chi connectivity index (χ0v) is 17.8. The number of piperidine rings is 1. The van der Waals surface area contributed by atoms with Crippen LogP contribution >= 0.6 is 11.6 Å². The van der Waals surface area contributed by atoms with Gasteiger partial charge in [-0.15, -0.1) is 0 Å². The summed E-state index contributed by atoms with van der Waals surface area (Å²) in [5.74, 6) is 0.353. The van der Waals surface area contributed by atoms with Crippen LogP contribution in [0.4, 0.5) is 0 Å². The predicted molar refractivity (Wildman–Crippen MR) is 107 cm³/mol. The molecule has 0 spiro atoms. The molecule has 1 amide bonds. The van der Waals surface area contributed by atoms with Gasteiger partial charge in [0.05, 0.1) is 16.5 Å². The Bertz CT molecular complexity index is 746. The summed E-state index contributed by atoms with van der Waals surface area (Å²) >= 11 is 6.13. The van der Waals surface area contributed by atoms with Crippen LogP contribution in [0.5, 0.6) is 5.75 Å². The van der Waals surface area contributed by atoms with Gasteiger partial charge in [0.2, 0.25) is 15.9 Å². The van der Waals surface area contributed by atoms with Gasteiger partial charge in [-0.2, -0.15) is 4.31 Å². The van der Waals surface area contributed by atoms with Gasteiger partial charge in [0, 0.05) is 25.0 Å². The van der Waals surface area contributed by atoms with Crippen LogP contribution in [-0.2, 0) is 14.8 Å². The summed E-state index contributed by atoms with van der Waals surface area (Å²) in [6.45, 7) is 7.03. The Morgan fingerprint density at radius 1 is 1.33 bits per heavy atom. The van der Waals surface area contributed by atoms with E-state index in [1.54, 1.807) is 6.07 Å². The molecule has 1 aliphatic rings. The molecular weight excluding hydrogens is 388 g/mol. The van der Waals surface area contributed by atoms with E-state index in [9.17, 15) is 13.2 Å². The summed E-state index contributed by atoms with van der Waals surface area (Å²) in [6, 6.07) is 4.66. The molecule has 1 aromatic rings. The molecule has 1 atom stereocenters. The third-order valence-electron chi connectivity index (χ3n) is 4.78. The number of rotatable bonds is 8. The highest BCUT2D eigenvalue weighted by Crippen LogP contribution is 2.30. The highest BCUT2D eigenvalue weighted by Gasteiger charge is 2.32. The van der Waals surface area contributed by atoms with Crippen molar-refractivity contribution in [1.29, 1.82) is 0 Å². The minimum Gasteiger partial charge on any atom is -0.492 e. The van der Waals surface area contributed by atoms with Crippen LogP contribution in [0.15, 0.2) is 23.1 Å². The first-order chi connectivity index (χ1) is 12.8. The average Bonchev–Trinajstić information content (AvgIpc) is 2.63. The van der Waals surface area contributed by atoms with E-state index >= 15 is 0 Å². The molecule has 1 fully saturated rings. The molecule has 0 saturated carbocycles. The molecular formula is C19H29ClN2O4S. The van der Waals surface area contributed by atoms with Gasteiger partial charge in [-0.1, -0.05) is 24.9 Å². The first kappa shape index (κ1) is 22.0. The van der Waals surface area contributed by atoms with Crippen LogP contribution in [0.3, 0.4) is 0 Å². The number of amides is 1. The molecule has 2 rings (SSSR count). The molecule has 1 aliphatic heterocycles. The molecule has 1 heterocycles. The molecule has 1 N–H and O–H groups in total. The number of hydrogen-bond donors (Lipinski definition) is 1. The maximum atomic E-state index is 12.9. The van der Waals surface area contributed by atoms with Crippen molar-refractivity contribution in [2.24, 2.45) is 5.92 Å². The summed E-state index contributed by atoms with van der Waals surface area (Å²) in [4.78, 5) is 12.5. The minimum atomic E-state index is -3.64. The quantitative estimate of drug-likeness (QED) is 0.704. The Kier molecular flexibility index (Phi) is 7.94. The second kappa shape index (κ2) is 9.75. The maximum Gasteiger partial charge on any atom is 0.243 e. The van der Waals surface area contributed by atoms with Gasteiger partial charge in [0.15, 0.2) is 0 Å². The van der Waals surface area contributed by atoms with Gasteiger partial charge in [-0.05, 0) is 51.3 Å². The Balaban J connectivity index is 2.00. The fraction of sp³-hybridized carbons (Fsp3) is 0.632. The number of hydrogen-bond acceptors (Lipinski definition) is 4. The van der Waals surface area contributed by atoms with Crippen molar-refractivity contribution in [2.45, 2.75) is 57.4 Å². The van der Waals surface area contributed by atoms with Crippen molar-refractivity contribution in [1.82, 2.24) is 9.62 Å². The van der Waals surface area contributed by atoms with Gasteiger partial charge < -0.3 is 10.1 Å². The number of nitrogens with one attached hydrogen (secondary N) is 1. The van der Waals surface area contributed by atoms with Crippen molar-refractivity contribution in [3.8, 4) is 5.75 Å². The molecule has 1 aromatic carbocycles. The topological polar surface area (TPSA) is 75.7 Å². The summed E-state index contributed by atoms with van der Waals surface area (Å²) in [5, 5.41) is 3.30. The van der Waals surface area contributed by atoms with Crippen LogP contribution in [0.2, 0.25) is 5.02 Å². The van der Waals surface area contributed by atoms with E-state index < -0.39 is 10.0 Å². The summed E-state index contributed by atoms with van der Waals surface area (Å²) in [7, 11) is -3.64. The Morgan fingerprint density at radius 2 is 2.00 bits per heavy atom. The summed E-state index contributed by atoms with van der Waals surface area (Å²) < 4.78 is 32.5. The average molecular weight is 417 g/mol. The number of halogens is 1. The lowest BCUT2D eigenvalue weighted by Crippen LogP contribution is -2.44. The molecule has 0 bridgehead atoms. The van der Waals surface area contributed by atoms with Crippen molar-refractivity contribution in [2.75, 3.05) is 19.7 Å². The van der Waals surface area contributed by atoms with Gasteiger partial charge >= 0.3 is 0 Å². The van der Waals surface area contributed by atoms with E-state index in [0.717, 1.165) is 12.8 Å². The number of nitrogens with zero attached hydrogens (tertiary/aromatic N) is 1. The molecule has 0 aromatic heterocycles. The molecule has 0 radical (unpaired) electrons. The Labute approximate surface area is 167 Å². The molecule has 27 heavy (non-hydrogen) atoms. The van der Waals surface area contributed by atoms with Gasteiger partial charge in [0.1, 0.15) is 5.75 Å². The SMILES string of the molecule is CCC[C@H](C)NC(=O)C1CCN(S(=O)(=O)c2ccc(OCC)c(Cl)c2)CC1. The summed E-state index contributed by atoms with van der Waals surface area (Å²) in [5.41, 5.74) is 0. The third-order valence-corrected chi connectivity index (χ3v) is 6.97. The highest BCUT2D eigenvalue weighted by atomic mass is 35.5. The third kappa shape index (κ3) is 5.59. The smallest absolute Gasteiger partial charge is 0.243 e. The molecule has 0 aliphatic carbocycles. The monoisotopic (exact) mass is 416 g/mol. The second-order valence-corrected chi connectivity index (χ2v) is 9.25. The van der Waals surface area contributed by atoms with Gasteiger partial charge in [-0.25, -0.2) is 8.42 Å². The van der Waals surface area contributed by atoms with E-state index in [1.165, 1.54) is 16.4 Å². The normalized spacial score (nSPS) is 17.5. The van der Waals surface area contributed by atoms with E-state index in [-0.39, 0.29) is 27.8 Å². The van der Waals surface area contributed by atoms with Crippen LogP contribution in [0.1, 0.15) is 46.5 Å². The summed E-state index contributed by atoms with van der Waals surface area (Å²) in [6.07, 6.45) is 3.00. The Hall–Kier alpha value is -1.31. The standard InChI is InChI=1S/C19H29ClN2O4S/c1-4-6-14(3)21-19(23)15-9-11-22(12-10-15)27(24,25)16-7-8-18(26-5-2)17(20)13-16/h7-8,13-15H,4-6,9-12H2,1-3H3,(H,21,23)/t14-/m0/s1. The number of carbonyl (C=O) groups is 1. The van der Waals surface area contributed by atoms with Crippen LogP contribution in [-0.4, -0.2) is 44.4 Å². The maximum absolute atomic E-state index is 12.9. The van der Waals surface area contributed by atoms with Crippen molar-refractivity contribution >= 4 is 27.5 Å². The molecule has 1 saturated heterocycles. The van der Waals surface area contributed by atoms with Gasteiger partial charge in [0.25, 0.3) is 0 Å². The van der Waals surface area contributed by atoms with Crippen molar-refractivity contribution < 1.29 is 17.9 Å². The van der Waals surface area contributed by atoms with E-state index in [0.29, 0.717) is 38.3 Å². The lowest BCUT2D eigenvalue weighted by molar-refractivity contribution is -0.126.